The molecule has 0 bridgehead atoms. The van der Waals surface area contributed by atoms with Gasteiger partial charge in [0, 0.05) is 44.1 Å². The predicted molar refractivity (Wildman–Crippen MR) is 103 cm³/mol. The van der Waals surface area contributed by atoms with E-state index in [0.29, 0.717) is 12.6 Å². The van der Waals surface area contributed by atoms with Crippen LogP contribution in [0.1, 0.15) is 37.8 Å². The summed E-state index contributed by atoms with van der Waals surface area (Å²) in [6.07, 6.45) is 7.57. The Morgan fingerprint density at radius 2 is 2.19 bits per heavy atom. The van der Waals surface area contributed by atoms with E-state index in [1.807, 2.05) is 29.2 Å². The van der Waals surface area contributed by atoms with Crippen LogP contribution in [0.25, 0.3) is 0 Å². The molecule has 1 aromatic heterocycles. The van der Waals surface area contributed by atoms with Crippen LogP contribution in [0.3, 0.4) is 0 Å². The molecule has 1 aromatic carbocycles. The molecule has 3 rings (SSSR count). The highest BCUT2D eigenvalue weighted by Crippen LogP contribution is 2.16. The molecular formula is C20H29N5O. The maximum atomic E-state index is 12.2. The number of carbonyl (C=O) groups excluding carboxylic acids is 1. The first-order valence-corrected chi connectivity index (χ1v) is 9.46. The monoisotopic (exact) mass is 355 g/mol. The van der Waals surface area contributed by atoms with Crippen molar-refractivity contribution in [2.24, 2.45) is 0 Å². The lowest BCUT2D eigenvalue weighted by atomic mass is 9.98. The van der Waals surface area contributed by atoms with Crippen molar-refractivity contribution < 1.29 is 4.79 Å². The van der Waals surface area contributed by atoms with Crippen molar-refractivity contribution in [2.45, 2.75) is 51.9 Å². The van der Waals surface area contributed by atoms with E-state index in [0.717, 1.165) is 38.0 Å². The Balaban J connectivity index is 1.46. The summed E-state index contributed by atoms with van der Waals surface area (Å²) in [6, 6.07) is 9.00. The van der Waals surface area contributed by atoms with Gasteiger partial charge in [0.2, 0.25) is 0 Å². The number of piperidine rings is 1. The zero-order valence-corrected chi connectivity index (χ0v) is 15.7. The highest BCUT2D eigenvalue weighted by atomic mass is 16.2. The number of nitrogens with one attached hydrogen (secondary N) is 2. The number of aromatic nitrogens is 2. The standard InChI is InChI=1S/C20H29N5O/c1-3-25-9-7-19(11-16(25)2)23-20(26)22-13-17-5-4-6-18(12-17)14-24-10-8-21-15-24/h4-6,8,10,12,15-16,19H,3,7,9,11,13-14H2,1-2H3,(H2,22,23,26). The lowest BCUT2D eigenvalue weighted by Gasteiger charge is -2.37. The van der Waals surface area contributed by atoms with Gasteiger partial charge in [-0.3, -0.25) is 0 Å². The lowest BCUT2D eigenvalue weighted by Crippen LogP contribution is -2.50. The van der Waals surface area contributed by atoms with Crippen molar-refractivity contribution in [3.63, 3.8) is 0 Å². The second kappa shape index (κ2) is 8.85. The summed E-state index contributed by atoms with van der Waals surface area (Å²) >= 11 is 0. The minimum Gasteiger partial charge on any atom is -0.335 e. The molecule has 2 heterocycles. The van der Waals surface area contributed by atoms with Crippen LogP contribution >= 0.6 is 0 Å². The molecule has 6 nitrogen and oxygen atoms in total. The molecule has 2 unspecified atom stereocenters. The summed E-state index contributed by atoms with van der Waals surface area (Å²) < 4.78 is 2.03. The Hall–Kier alpha value is -2.34. The fourth-order valence-electron chi connectivity index (χ4n) is 3.67. The van der Waals surface area contributed by atoms with Crippen LogP contribution in [0, 0.1) is 0 Å². The SMILES string of the molecule is CCN1CCC(NC(=O)NCc2cccc(Cn3ccnc3)c2)CC1C. The number of likely N-dealkylation sites (tertiary alicyclic amines) is 1. The summed E-state index contributed by atoms with van der Waals surface area (Å²) in [4.78, 5) is 18.8. The number of imidazole rings is 1. The minimum atomic E-state index is -0.0767. The number of hydrogen-bond acceptors (Lipinski definition) is 3. The highest BCUT2D eigenvalue weighted by Gasteiger charge is 2.25. The Kier molecular flexibility index (Phi) is 6.28. The van der Waals surface area contributed by atoms with Gasteiger partial charge in [0.05, 0.1) is 6.33 Å². The minimum absolute atomic E-state index is 0.0767. The van der Waals surface area contributed by atoms with Crippen LogP contribution in [0.4, 0.5) is 4.79 Å². The normalized spacial score (nSPS) is 20.7. The molecule has 1 aliphatic heterocycles. The van der Waals surface area contributed by atoms with E-state index >= 15 is 0 Å². The first-order chi connectivity index (χ1) is 12.6. The summed E-state index contributed by atoms with van der Waals surface area (Å²) in [7, 11) is 0. The number of nitrogens with zero attached hydrogens (tertiary/aromatic N) is 3. The van der Waals surface area contributed by atoms with Gasteiger partial charge in [0.25, 0.3) is 0 Å². The van der Waals surface area contributed by atoms with Crippen LogP contribution in [0.5, 0.6) is 0 Å². The lowest BCUT2D eigenvalue weighted by molar-refractivity contribution is 0.144. The fraction of sp³-hybridized carbons (Fsp3) is 0.500. The van der Waals surface area contributed by atoms with Crippen molar-refractivity contribution in [1.82, 2.24) is 25.1 Å². The molecule has 140 valence electrons. The predicted octanol–water partition coefficient (Wildman–Crippen LogP) is 2.60. The van der Waals surface area contributed by atoms with E-state index in [9.17, 15) is 4.79 Å². The summed E-state index contributed by atoms with van der Waals surface area (Å²) in [5, 5.41) is 6.12. The molecule has 6 heteroatoms. The third-order valence-corrected chi connectivity index (χ3v) is 5.12. The van der Waals surface area contributed by atoms with Crippen LogP contribution in [-0.4, -0.2) is 45.7 Å². The smallest absolute Gasteiger partial charge is 0.315 e. The van der Waals surface area contributed by atoms with Gasteiger partial charge in [-0.05, 0) is 37.4 Å². The zero-order chi connectivity index (χ0) is 18.4. The van der Waals surface area contributed by atoms with E-state index < -0.39 is 0 Å². The summed E-state index contributed by atoms with van der Waals surface area (Å²) in [5.41, 5.74) is 2.30. The molecule has 0 aliphatic carbocycles. The molecule has 2 atom stereocenters. The average Bonchev–Trinajstić information content (AvgIpc) is 3.13. The van der Waals surface area contributed by atoms with Gasteiger partial charge >= 0.3 is 6.03 Å². The Morgan fingerprint density at radius 1 is 1.35 bits per heavy atom. The number of urea groups is 1. The fourth-order valence-corrected chi connectivity index (χ4v) is 3.67. The molecule has 1 aliphatic rings. The maximum Gasteiger partial charge on any atom is 0.315 e. The van der Waals surface area contributed by atoms with Crippen molar-refractivity contribution in [3.8, 4) is 0 Å². The first kappa shape index (κ1) is 18.5. The van der Waals surface area contributed by atoms with Crippen LogP contribution in [0.2, 0.25) is 0 Å². The van der Waals surface area contributed by atoms with Gasteiger partial charge in [0.15, 0.2) is 0 Å². The second-order valence-corrected chi connectivity index (χ2v) is 7.08. The second-order valence-electron chi connectivity index (χ2n) is 7.08. The molecule has 2 N–H and O–H groups in total. The largest absolute Gasteiger partial charge is 0.335 e. The first-order valence-electron chi connectivity index (χ1n) is 9.46. The number of hydrogen-bond donors (Lipinski definition) is 2. The topological polar surface area (TPSA) is 62.2 Å². The Labute approximate surface area is 155 Å². The van der Waals surface area contributed by atoms with Gasteiger partial charge in [0.1, 0.15) is 0 Å². The number of amides is 2. The van der Waals surface area contributed by atoms with Gasteiger partial charge in [-0.1, -0.05) is 31.2 Å². The molecule has 0 radical (unpaired) electrons. The Bertz CT molecular complexity index is 700. The summed E-state index contributed by atoms with van der Waals surface area (Å²) in [6.45, 7) is 7.88. The van der Waals surface area contributed by atoms with E-state index in [2.05, 4.69) is 46.5 Å². The molecule has 1 saturated heterocycles. The van der Waals surface area contributed by atoms with Gasteiger partial charge in [-0.15, -0.1) is 0 Å². The van der Waals surface area contributed by atoms with E-state index in [1.165, 1.54) is 5.56 Å². The zero-order valence-electron chi connectivity index (χ0n) is 15.7. The molecule has 0 spiro atoms. The molecule has 2 amide bonds. The van der Waals surface area contributed by atoms with Crippen LogP contribution in [-0.2, 0) is 13.1 Å². The number of rotatable bonds is 6. The molecule has 26 heavy (non-hydrogen) atoms. The Morgan fingerprint density at radius 3 is 2.92 bits per heavy atom. The quantitative estimate of drug-likeness (QED) is 0.837. The van der Waals surface area contributed by atoms with E-state index in [4.69, 9.17) is 0 Å². The van der Waals surface area contributed by atoms with Crippen LogP contribution in [0.15, 0.2) is 43.0 Å². The molecular weight excluding hydrogens is 326 g/mol. The van der Waals surface area contributed by atoms with Crippen molar-refractivity contribution in [3.05, 3.63) is 54.1 Å². The highest BCUT2D eigenvalue weighted by molar-refractivity contribution is 5.74. The maximum absolute atomic E-state index is 12.2. The third-order valence-electron chi connectivity index (χ3n) is 5.12. The summed E-state index contributed by atoms with van der Waals surface area (Å²) in [5.74, 6) is 0. The van der Waals surface area contributed by atoms with Crippen LogP contribution < -0.4 is 10.6 Å². The van der Waals surface area contributed by atoms with Crippen molar-refractivity contribution >= 4 is 6.03 Å². The van der Waals surface area contributed by atoms with Crippen molar-refractivity contribution in [2.75, 3.05) is 13.1 Å². The van der Waals surface area contributed by atoms with Gasteiger partial charge in [-0.25, -0.2) is 9.78 Å². The van der Waals surface area contributed by atoms with Crippen molar-refractivity contribution in [1.29, 1.82) is 0 Å². The van der Waals surface area contributed by atoms with Gasteiger partial charge in [-0.2, -0.15) is 0 Å². The number of carbonyl (C=O) groups is 1. The molecule has 1 fully saturated rings. The molecule has 2 aromatic rings. The van der Waals surface area contributed by atoms with Gasteiger partial charge < -0.3 is 20.1 Å². The van der Waals surface area contributed by atoms with E-state index in [-0.39, 0.29) is 12.1 Å². The number of benzene rings is 1. The third kappa shape index (κ3) is 5.08. The van der Waals surface area contributed by atoms with E-state index in [1.54, 1.807) is 6.20 Å². The average molecular weight is 355 g/mol. The molecule has 0 saturated carbocycles.